The van der Waals surface area contributed by atoms with Gasteiger partial charge in [-0.2, -0.15) is 4.31 Å². The van der Waals surface area contributed by atoms with Gasteiger partial charge >= 0.3 is 0 Å². The fourth-order valence-electron chi connectivity index (χ4n) is 4.27. The Labute approximate surface area is 163 Å². The van der Waals surface area contributed by atoms with Gasteiger partial charge in [0.15, 0.2) is 0 Å². The van der Waals surface area contributed by atoms with Gasteiger partial charge in [-0.15, -0.1) is 0 Å². The van der Waals surface area contributed by atoms with Crippen molar-refractivity contribution in [3.05, 3.63) is 18.2 Å². The lowest BCUT2D eigenvalue weighted by Crippen LogP contribution is -2.43. The fourth-order valence-corrected chi connectivity index (χ4v) is 5.91. The molecule has 3 rings (SSSR count). The van der Waals surface area contributed by atoms with Crippen LogP contribution >= 0.6 is 0 Å². The highest BCUT2D eigenvalue weighted by atomic mass is 32.2. The molecule has 27 heavy (non-hydrogen) atoms. The maximum Gasteiger partial charge on any atom is 0.246 e. The molecule has 0 amide bonds. The summed E-state index contributed by atoms with van der Waals surface area (Å²) in [5, 5.41) is 0. The SMILES string of the molecule is COc1ccc(OC)c(S(=O)(=O)N2CCC(CN3CCCC(C)C3)CC2)c1. The quantitative estimate of drug-likeness (QED) is 0.740. The molecule has 0 spiro atoms. The normalized spacial score (nSPS) is 23.3. The number of likely N-dealkylation sites (tertiary alicyclic amines) is 1. The Hall–Kier alpha value is -1.31. The first-order valence-corrected chi connectivity index (χ1v) is 11.3. The monoisotopic (exact) mass is 396 g/mol. The van der Waals surface area contributed by atoms with Gasteiger partial charge in [-0.25, -0.2) is 8.42 Å². The Bertz CT molecular complexity index is 729. The van der Waals surface area contributed by atoms with E-state index in [0.29, 0.717) is 30.5 Å². The predicted octanol–water partition coefficient (Wildman–Crippen LogP) is 2.84. The summed E-state index contributed by atoms with van der Waals surface area (Å²) in [6.07, 6.45) is 4.44. The molecule has 1 aromatic carbocycles. The number of hydrogen-bond acceptors (Lipinski definition) is 5. The third-order valence-electron chi connectivity index (χ3n) is 5.82. The lowest BCUT2D eigenvalue weighted by molar-refractivity contribution is 0.136. The first-order chi connectivity index (χ1) is 12.9. The van der Waals surface area contributed by atoms with Crippen LogP contribution in [0.2, 0.25) is 0 Å². The molecule has 0 radical (unpaired) electrons. The topological polar surface area (TPSA) is 59.1 Å². The van der Waals surface area contributed by atoms with Crippen LogP contribution in [0, 0.1) is 11.8 Å². The van der Waals surface area contributed by atoms with E-state index in [1.165, 1.54) is 40.2 Å². The smallest absolute Gasteiger partial charge is 0.246 e. The van der Waals surface area contributed by atoms with Gasteiger partial charge in [0.2, 0.25) is 10.0 Å². The molecule has 152 valence electrons. The maximum atomic E-state index is 13.2. The number of sulfonamides is 1. The second kappa shape index (κ2) is 8.80. The van der Waals surface area contributed by atoms with Crippen LogP contribution < -0.4 is 9.47 Å². The maximum absolute atomic E-state index is 13.2. The Balaban J connectivity index is 1.64. The molecule has 1 unspecified atom stereocenters. The summed E-state index contributed by atoms with van der Waals surface area (Å²) in [5.74, 6) is 2.23. The average Bonchev–Trinajstić information content (AvgIpc) is 2.68. The molecular formula is C20H32N2O4S. The van der Waals surface area contributed by atoms with Crippen molar-refractivity contribution in [1.29, 1.82) is 0 Å². The highest BCUT2D eigenvalue weighted by Crippen LogP contribution is 2.33. The highest BCUT2D eigenvalue weighted by Gasteiger charge is 2.32. The van der Waals surface area contributed by atoms with E-state index < -0.39 is 10.0 Å². The minimum atomic E-state index is -3.59. The van der Waals surface area contributed by atoms with E-state index in [1.54, 1.807) is 22.5 Å². The van der Waals surface area contributed by atoms with Crippen molar-refractivity contribution in [1.82, 2.24) is 9.21 Å². The predicted molar refractivity (Wildman–Crippen MR) is 106 cm³/mol. The first-order valence-electron chi connectivity index (χ1n) is 9.88. The summed E-state index contributed by atoms with van der Waals surface area (Å²) in [6, 6.07) is 4.91. The van der Waals surface area contributed by atoms with Gasteiger partial charge in [-0.3, -0.25) is 0 Å². The van der Waals surface area contributed by atoms with E-state index >= 15 is 0 Å². The van der Waals surface area contributed by atoms with Crippen molar-refractivity contribution in [2.75, 3.05) is 46.9 Å². The molecule has 2 fully saturated rings. The molecular weight excluding hydrogens is 364 g/mol. The molecule has 2 saturated heterocycles. The van der Waals surface area contributed by atoms with Gasteiger partial charge < -0.3 is 14.4 Å². The molecule has 7 heteroatoms. The van der Waals surface area contributed by atoms with Crippen LogP contribution in [0.5, 0.6) is 11.5 Å². The van der Waals surface area contributed by atoms with Crippen LogP contribution in [0.15, 0.2) is 23.1 Å². The van der Waals surface area contributed by atoms with Gasteiger partial charge in [0.1, 0.15) is 16.4 Å². The van der Waals surface area contributed by atoms with Gasteiger partial charge in [-0.1, -0.05) is 6.92 Å². The molecule has 1 atom stereocenters. The lowest BCUT2D eigenvalue weighted by Gasteiger charge is -2.37. The van der Waals surface area contributed by atoms with Crippen LogP contribution in [0.1, 0.15) is 32.6 Å². The summed E-state index contributed by atoms with van der Waals surface area (Å²) in [5.41, 5.74) is 0. The van der Waals surface area contributed by atoms with Crippen molar-refractivity contribution in [3.63, 3.8) is 0 Å². The minimum absolute atomic E-state index is 0.188. The summed E-state index contributed by atoms with van der Waals surface area (Å²) in [7, 11) is -0.562. The number of benzene rings is 1. The van der Waals surface area contributed by atoms with Gasteiger partial charge in [0.05, 0.1) is 14.2 Å². The minimum Gasteiger partial charge on any atom is -0.497 e. The number of ether oxygens (including phenoxy) is 2. The largest absolute Gasteiger partial charge is 0.497 e. The van der Waals surface area contributed by atoms with Crippen LogP contribution in [-0.4, -0.2) is 64.6 Å². The lowest BCUT2D eigenvalue weighted by atomic mass is 9.94. The number of methoxy groups -OCH3 is 2. The highest BCUT2D eigenvalue weighted by molar-refractivity contribution is 7.89. The molecule has 0 aromatic heterocycles. The summed E-state index contributed by atoms with van der Waals surface area (Å²) in [6.45, 7) is 6.92. The van der Waals surface area contributed by atoms with Crippen molar-refractivity contribution in [2.45, 2.75) is 37.5 Å². The van der Waals surface area contributed by atoms with E-state index in [1.807, 2.05) is 0 Å². The van der Waals surface area contributed by atoms with Gasteiger partial charge in [0.25, 0.3) is 0 Å². The van der Waals surface area contributed by atoms with E-state index in [-0.39, 0.29) is 4.90 Å². The first kappa shape index (κ1) is 20.4. The van der Waals surface area contributed by atoms with Gasteiger partial charge in [0, 0.05) is 32.2 Å². The molecule has 2 heterocycles. The van der Waals surface area contributed by atoms with Crippen LogP contribution in [0.25, 0.3) is 0 Å². The van der Waals surface area contributed by atoms with Crippen LogP contribution in [-0.2, 0) is 10.0 Å². The Kier molecular flexibility index (Phi) is 6.65. The Morgan fingerprint density at radius 1 is 1.07 bits per heavy atom. The van der Waals surface area contributed by atoms with Crippen LogP contribution in [0.4, 0.5) is 0 Å². The van der Waals surface area contributed by atoms with Crippen LogP contribution in [0.3, 0.4) is 0 Å². The molecule has 0 saturated carbocycles. The summed E-state index contributed by atoms with van der Waals surface area (Å²) >= 11 is 0. The van der Waals surface area contributed by atoms with E-state index in [0.717, 1.165) is 25.3 Å². The third-order valence-corrected chi connectivity index (χ3v) is 7.74. The standard InChI is InChI=1S/C20H32N2O4S/c1-16-5-4-10-21(14-16)15-17-8-11-22(12-9-17)27(23,24)20-13-18(25-2)6-7-19(20)26-3/h6-7,13,16-17H,4-5,8-12,14-15H2,1-3H3. The van der Waals surface area contributed by atoms with E-state index in [2.05, 4.69) is 11.8 Å². The molecule has 0 bridgehead atoms. The van der Waals surface area contributed by atoms with Crippen molar-refractivity contribution < 1.29 is 17.9 Å². The molecule has 2 aliphatic heterocycles. The van der Waals surface area contributed by atoms with Crippen molar-refractivity contribution in [2.24, 2.45) is 11.8 Å². The molecule has 1 aromatic rings. The zero-order chi connectivity index (χ0) is 19.4. The van der Waals surface area contributed by atoms with Gasteiger partial charge in [-0.05, 0) is 56.2 Å². The zero-order valence-corrected chi connectivity index (χ0v) is 17.5. The second-order valence-electron chi connectivity index (χ2n) is 7.87. The Morgan fingerprint density at radius 3 is 2.44 bits per heavy atom. The number of rotatable bonds is 6. The number of piperidine rings is 2. The third kappa shape index (κ3) is 4.76. The fraction of sp³-hybridized carbons (Fsp3) is 0.700. The number of hydrogen-bond donors (Lipinski definition) is 0. The Morgan fingerprint density at radius 2 is 1.81 bits per heavy atom. The summed E-state index contributed by atoms with van der Waals surface area (Å²) < 4.78 is 38.4. The zero-order valence-electron chi connectivity index (χ0n) is 16.7. The molecule has 0 aliphatic carbocycles. The molecule has 0 N–H and O–H groups in total. The number of nitrogens with zero attached hydrogens (tertiary/aromatic N) is 2. The molecule has 2 aliphatic rings. The summed E-state index contributed by atoms with van der Waals surface area (Å²) in [4.78, 5) is 2.75. The average molecular weight is 397 g/mol. The van der Waals surface area contributed by atoms with Crippen molar-refractivity contribution in [3.8, 4) is 11.5 Å². The molecule has 6 nitrogen and oxygen atoms in total. The van der Waals surface area contributed by atoms with E-state index in [4.69, 9.17) is 9.47 Å². The van der Waals surface area contributed by atoms with Crippen molar-refractivity contribution >= 4 is 10.0 Å². The second-order valence-corrected chi connectivity index (χ2v) is 9.78. The van der Waals surface area contributed by atoms with E-state index in [9.17, 15) is 8.42 Å².